The number of hydroxylamine groups is 2. The molecule has 1 aromatic rings. The van der Waals surface area contributed by atoms with Crippen LogP contribution in [-0.2, 0) is 10.6 Å². The van der Waals surface area contributed by atoms with Gasteiger partial charge in [-0.1, -0.05) is 11.6 Å². The third-order valence-corrected chi connectivity index (χ3v) is 3.74. The molecule has 0 radical (unpaired) electrons. The Morgan fingerprint density at radius 3 is 2.61 bits per heavy atom. The molecule has 2 rings (SSSR count). The Bertz CT molecular complexity index is 712. The Kier molecular flexibility index (Phi) is 4.62. The van der Waals surface area contributed by atoms with Crippen LogP contribution in [0.1, 0.15) is 0 Å². The molecule has 6 N–H and O–H groups in total. The van der Waals surface area contributed by atoms with Crippen molar-refractivity contribution in [3.8, 4) is 0 Å². The standard InChI is InChI=1S/C10H13ClFN3O8/c11-4-1-14(8(19)13-7(4)18)10(21)9(20,15(22)3-12)6(17)5(2-16)23-10/h1,5-6,16-17,20-22H,2-3H2,(H,13,18,19)/t5-,6-,9-,10-/m1/s1. The lowest BCUT2D eigenvalue weighted by Gasteiger charge is -2.40. The van der Waals surface area contributed by atoms with Gasteiger partial charge in [-0.3, -0.25) is 9.78 Å². The number of aliphatic hydroxyl groups excluding tert-OH is 2. The van der Waals surface area contributed by atoms with Crippen LogP contribution >= 0.6 is 11.6 Å². The first kappa shape index (κ1) is 18.0. The number of alkyl halides is 1. The highest BCUT2D eigenvalue weighted by molar-refractivity contribution is 6.30. The zero-order chi connectivity index (χ0) is 17.6. The number of H-pyrrole nitrogens is 1. The van der Waals surface area contributed by atoms with E-state index in [4.69, 9.17) is 21.4 Å². The second-order valence-electron chi connectivity index (χ2n) is 4.74. The number of aromatic amines is 1. The molecule has 13 heteroatoms. The molecular weight excluding hydrogens is 345 g/mol. The Hall–Kier alpha value is -1.38. The van der Waals surface area contributed by atoms with E-state index in [0.29, 0.717) is 6.20 Å². The summed E-state index contributed by atoms with van der Waals surface area (Å²) in [6.45, 7) is -2.75. The van der Waals surface area contributed by atoms with Gasteiger partial charge in [-0.05, 0) is 0 Å². The molecule has 0 unspecified atom stereocenters. The number of nitrogens with one attached hydrogen (secondary N) is 1. The monoisotopic (exact) mass is 357 g/mol. The Balaban J connectivity index is 2.73. The molecule has 130 valence electrons. The molecule has 1 aromatic heterocycles. The molecule has 0 saturated carbocycles. The van der Waals surface area contributed by atoms with E-state index in [1.165, 1.54) is 0 Å². The highest BCUT2D eigenvalue weighted by atomic mass is 35.5. The lowest BCUT2D eigenvalue weighted by atomic mass is 10.0. The Labute approximate surface area is 131 Å². The van der Waals surface area contributed by atoms with Crippen molar-refractivity contribution < 1.29 is 34.8 Å². The maximum Gasteiger partial charge on any atom is 0.332 e. The fourth-order valence-corrected chi connectivity index (χ4v) is 2.41. The fraction of sp³-hybridized carbons (Fsp3) is 0.600. The zero-order valence-corrected chi connectivity index (χ0v) is 12.0. The molecule has 0 aliphatic carbocycles. The van der Waals surface area contributed by atoms with E-state index in [1.807, 2.05) is 0 Å². The zero-order valence-electron chi connectivity index (χ0n) is 11.3. The van der Waals surface area contributed by atoms with Gasteiger partial charge in [0.05, 0.1) is 6.61 Å². The van der Waals surface area contributed by atoms with Crippen LogP contribution in [0.2, 0.25) is 5.02 Å². The highest BCUT2D eigenvalue weighted by Crippen LogP contribution is 2.42. The first-order valence-corrected chi connectivity index (χ1v) is 6.47. The Morgan fingerprint density at radius 1 is 1.48 bits per heavy atom. The van der Waals surface area contributed by atoms with Crippen molar-refractivity contribution in [1.82, 2.24) is 14.6 Å². The summed E-state index contributed by atoms with van der Waals surface area (Å²) in [7, 11) is 0. The fourth-order valence-electron chi connectivity index (χ4n) is 2.27. The summed E-state index contributed by atoms with van der Waals surface area (Å²) < 4.78 is 17.8. The van der Waals surface area contributed by atoms with E-state index in [2.05, 4.69) is 0 Å². The maximum absolute atomic E-state index is 12.8. The van der Waals surface area contributed by atoms with Gasteiger partial charge < -0.3 is 30.4 Å². The van der Waals surface area contributed by atoms with Crippen molar-refractivity contribution in [2.75, 3.05) is 13.4 Å². The highest BCUT2D eigenvalue weighted by Gasteiger charge is 2.70. The van der Waals surface area contributed by atoms with Crippen molar-refractivity contribution >= 4 is 11.6 Å². The molecule has 0 aromatic carbocycles. The van der Waals surface area contributed by atoms with Crippen LogP contribution in [0.15, 0.2) is 15.8 Å². The summed E-state index contributed by atoms with van der Waals surface area (Å²) >= 11 is 5.53. The second kappa shape index (κ2) is 5.92. The minimum atomic E-state index is -3.31. The molecule has 0 bridgehead atoms. The number of rotatable bonds is 4. The van der Waals surface area contributed by atoms with Crippen molar-refractivity contribution in [2.24, 2.45) is 0 Å². The van der Waals surface area contributed by atoms with Gasteiger partial charge in [-0.25, -0.2) is 13.8 Å². The predicted molar refractivity (Wildman–Crippen MR) is 69.0 cm³/mol. The molecule has 11 nitrogen and oxygen atoms in total. The molecule has 1 aliphatic rings. The summed E-state index contributed by atoms with van der Waals surface area (Å²) in [6.07, 6.45) is -3.40. The van der Waals surface area contributed by atoms with Crippen LogP contribution < -0.4 is 11.2 Å². The van der Waals surface area contributed by atoms with Crippen molar-refractivity contribution in [3.05, 3.63) is 32.1 Å². The number of aliphatic hydroxyl groups is 4. The van der Waals surface area contributed by atoms with Gasteiger partial charge in [0, 0.05) is 6.20 Å². The molecular formula is C10H13ClFN3O8. The summed E-state index contributed by atoms with van der Waals surface area (Å²) in [4.78, 5) is 24.8. The summed E-state index contributed by atoms with van der Waals surface area (Å²) in [5.41, 5.74) is -5.68. The summed E-state index contributed by atoms with van der Waals surface area (Å²) in [5.74, 6) is -3.29. The van der Waals surface area contributed by atoms with Crippen LogP contribution in [0.3, 0.4) is 0 Å². The van der Waals surface area contributed by atoms with Gasteiger partial charge >= 0.3 is 11.6 Å². The number of nitrogens with zero attached hydrogens (tertiary/aromatic N) is 2. The van der Waals surface area contributed by atoms with Crippen molar-refractivity contribution in [3.63, 3.8) is 0 Å². The molecule has 4 atom stereocenters. The van der Waals surface area contributed by atoms with Gasteiger partial charge in [0.25, 0.3) is 5.56 Å². The van der Waals surface area contributed by atoms with Gasteiger partial charge in [-0.2, -0.15) is 0 Å². The molecule has 0 spiro atoms. The number of ether oxygens (including phenoxy) is 1. The number of aromatic nitrogens is 2. The van der Waals surface area contributed by atoms with Crippen LogP contribution in [0.4, 0.5) is 4.39 Å². The first-order valence-electron chi connectivity index (χ1n) is 6.09. The van der Waals surface area contributed by atoms with Crippen molar-refractivity contribution in [1.29, 1.82) is 0 Å². The van der Waals surface area contributed by atoms with E-state index >= 15 is 0 Å². The largest absolute Gasteiger partial charge is 0.394 e. The predicted octanol–water partition coefficient (Wildman–Crippen LogP) is -3.15. The normalized spacial score (nSPS) is 34.3. The number of hydrogen-bond acceptors (Lipinski definition) is 9. The quantitative estimate of drug-likeness (QED) is 0.185. The third kappa shape index (κ3) is 2.40. The molecule has 0 amide bonds. The van der Waals surface area contributed by atoms with Crippen LogP contribution in [-0.4, -0.2) is 71.6 Å². The topological polar surface area (TPSA) is 168 Å². The number of hydrogen-bond donors (Lipinski definition) is 6. The third-order valence-electron chi connectivity index (χ3n) is 3.47. The molecule has 1 fully saturated rings. The van der Waals surface area contributed by atoms with Gasteiger partial charge in [-0.15, -0.1) is 5.06 Å². The van der Waals surface area contributed by atoms with Gasteiger partial charge in [0.2, 0.25) is 5.72 Å². The van der Waals surface area contributed by atoms with Gasteiger partial charge in [0.15, 0.2) is 6.80 Å². The average molecular weight is 358 g/mol. The minimum absolute atomic E-state index is 0.133. The van der Waals surface area contributed by atoms with E-state index in [1.54, 1.807) is 4.98 Å². The second-order valence-corrected chi connectivity index (χ2v) is 5.15. The lowest BCUT2D eigenvalue weighted by molar-refractivity contribution is -0.416. The summed E-state index contributed by atoms with van der Waals surface area (Å²) in [6, 6.07) is 0. The molecule has 1 saturated heterocycles. The van der Waals surface area contributed by atoms with E-state index in [0.717, 1.165) is 0 Å². The maximum atomic E-state index is 12.8. The van der Waals surface area contributed by atoms with Crippen molar-refractivity contribution in [2.45, 2.75) is 23.8 Å². The van der Waals surface area contributed by atoms with Crippen LogP contribution in [0.25, 0.3) is 0 Å². The first-order chi connectivity index (χ1) is 10.6. The molecule has 2 heterocycles. The number of halogens is 2. The van der Waals surface area contributed by atoms with Gasteiger partial charge in [0.1, 0.15) is 17.2 Å². The lowest BCUT2D eigenvalue weighted by Crippen LogP contribution is -2.68. The van der Waals surface area contributed by atoms with E-state index < -0.39 is 58.6 Å². The average Bonchev–Trinajstić information content (AvgIpc) is 2.72. The smallest absolute Gasteiger partial charge is 0.332 e. The molecule has 23 heavy (non-hydrogen) atoms. The minimum Gasteiger partial charge on any atom is -0.394 e. The van der Waals surface area contributed by atoms with Crippen LogP contribution in [0.5, 0.6) is 0 Å². The summed E-state index contributed by atoms with van der Waals surface area (Å²) in [5, 5.41) is 48.3. The van der Waals surface area contributed by atoms with E-state index in [-0.39, 0.29) is 4.57 Å². The SMILES string of the molecule is O=c1[nH]c(=O)n([C@]2(O)O[C@H](CO)[C@@H](O)[C@]2(O)N(O)CF)cc1Cl. The molecule has 1 aliphatic heterocycles. The van der Waals surface area contributed by atoms with E-state index in [9.17, 15) is 34.5 Å². The van der Waals surface area contributed by atoms with Crippen LogP contribution in [0, 0.1) is 0 Å². The Morgan fingerprint density at radius 2 is 2.09 bits per heavy atom.